The topological polar surface area (TPSA) is 108 Å². The Balaban J connectivity index is 1.45. The summed E-state index contributed by atoms with van der Waals surface area (Å²) in [5.41, 5.74) is 1.08. The van der Waals surface area contributed by atoms with E-state index in [1.807, 2.05) is 19.1 Å². The van der Waals surface area contributed by atoms with E-state index in [4.69, 9.17) is 4.74 Å². The molecule has 1 aliphatic heterocycles. The normalized spacial score (nSPS) is 14.1. The quantitative estimate of drug-likeness (QED) is 0.564. The molecule has 3 heterocycles. The van der Waals surface area contributed by atoms with Crippen molar-refractivity contribution in [3.8, 4) is 5.75 Å². The van der Waals surface area contributed by atoms with Gasteiger partial charge >= 0.3 is 0 Å². The third-order valence-corrected chi connectivity index (χ3v) is 5.37. The van der Waals surface area contributed by atoms with Gasteiger partial charge in [-0.15, -0.1) is 0 Å². The molecule has 4 rings (SSSR count). The molecule has 1 fully saturated rings. The van der Waals surface area contributed by atoms with Crippen molar-refractivity contribution < 1.29 is 9.53 Å². The highest BCUT2D eigenvalue weighted by atomic mass is 16.5. The number of methoxy groups -OCH3 is 1. The minimum atomic E-state index is -0.256. The minimum absolute atomic E-state index is 0.256. The molecule has 1 amide bonds. The lowest BCUT2D eigenvalue weighted by atomic mass is 10.2. The van der Waals surface area contributed by atoms with E-state index in [1.165, 1.54) is 6.20 Å². The average Bonchev–Trinajstić information content (AvgIpc) is 2.84. The van der Waals surface area contributed by atoms with E-state index >= 15 is 0 Å². The first-order valence-corrected chi connectivity index (χ1v) is 10.9. The molecule has 0 bridgehead atoms. The summed E-state index contributed by atoms with van der Waals surface area (Å²) in [6, 6.07) is 10.6. The Morgan fingerprint density at radius 1 is 1.09 bits per heavy atom. The van der Waals surface area contributed by atoms with E-state index in [2.05, 4.69) is 47.4 Å². The molecular weight excluding hydrogens is 420 g/mol. The lowest BCUT2D eigenvalue weighted by molar-refractivity contribution is 0.102. The number of carbonyl (C=O) groups excluding carboxylic acids is 1. The monoisotopic (exact) mass is 448 g/mol. The van der Waals surface area contributed by atoms with Crippen LogP contribution < -0.4 is 20.3 Å². The van der Waals surface area contributed by atoms with Crippen molar-refractivity contribution in [1.82, 2.24) is 24.8 Å². The van der Waals surface area contributed by atoms with Crippen molar-refractivity contribution in [2.75, 3.05) is 55.9 Å². The second-order valence-corrected chi connectivity index (χ2v) is 7.76. The van der Waals surface area contributed by atoms with Crippen LogP contribution in [0.15, 0.2) is 42.6 Å². The number of amides is 1. The summed E-state index contributed by atoms with van der Waals surface area (Å²) in [5.74, 6) is 2.79. The molecule has 172 valence electrons. The smallest absolute Gasteiger partial charge is 0.257 e. The predicted octanol–water partition coefficient (Wildman–Crippen LogP) is 2.59. The Hall–Kier alpha value is -3.79. The first-order valence-electron chi connectivity index (χ1n) is 10.9. The third-order valence-electron chi connectivity index (χ3n) is 5.37. The fourth-order valence-corrected chi connectivity index (χ4v) is 3.39. The van der Waals surface area contributed by atoms with Crippen molar-refractivity contribution in [3.05, 3.63) is 54.0 Å². The second-order valence-electron chi connectivity index (χ2n) is 7.76. The van der Waals surface area contributed by atoms with Gasteiger partial charge in [-0.1, -0.05) is 13.0 Å². The van der Waals surface area contributed by atoms with Crippen LogP contribution in [0, 0.1) is 0 Å². The number of rotatable bonds is 7. The van der Waals surface area contributed by atoms with Crippen LogP contribution in [0.5, 0.6) is 5.75 Å². The fourth-order valence-electron chi connectivity index (χ4n) is 3.39. The molecule has 3 aromatic rings. The Bertz CT molecular complexity index is 1100. The van der Waals surface area contributed by atoms with Crippen LogP contribution in [0.2, 0.25) is 0 Å². The summed E-state index contributed by atoms with van der Waals surface area (Å²) in [6.07, 6.45) is 2.22. The second kappa shape index (κ2) is 10.2. The average molecular weight is 449 g/mol. The maximum Gasteiger partial charge on any atom is 0.257 e. The third kappa shape index (κ3) is 5.72. The highest BCUT2D eigenvalue weighted by Crippen LogP contribution is 2.19. The van der Waals surface area contributed by atoms with Crippen LogP contribution in [0.4, 0.5) is 23.4 Å². The van der Waals surface area contributed by atoms with Crippen LogP contribution in [0.25, 0.3) is 0 Å². The number of pyridine rings is 1. The number of piperazine rings is 1. The number of aromatic nitrogens is 4. The van der Waals surface area contributed by atoms with Crippen LogP contribution in [-0.4, -0.2) is 71.1 Å². The van der Waals surface area contributed by atoms with E-state index < -0.39 is 0 Å². The van der Waals surface area contributed by atoms with Gasteiger partial charge in [0.2, 0.25) is 11.9 Å². The Morgan fingerprint density at radius 2 is 1.91 bits per heavy atom. The zero-order valence-electron chi connectivity index (χ0n) is 19.1. The summed E-state index contributed by atoms with van der Waals surface area (Å²) < 4.78 is 5.19. The first kappa shape index (κ1) is 22.4. The maximum atomic E-state index is 12.6. The molecule has 33 heavy (non-hydrogen) atoms. The molecule has 1 saturated heterocycles. The first-order chi connectivity index (χ1) is 16.0. The number of carbonyl (C=O) groups is 1. The van der Waals surface area contributed by atoms with Gasteiger partial charge in [0, 0.05) is 50.6 Å². The van der Waals surface area contributed by atoms with Crippen LogP contribution >= 0.6 is 0 Å². The van der Waals surface area contributed by atoms with Gasteiger partial charge in [0.15, 0.2) is 0 Å². The van der Waals surface area contributed by atoms with E-state index in [0.717, 1.165) is 32.0 Å². The number of ether oxygens (including phenoxy) is 1. The molecule has 0 unspecified atom stereocenters. The predicted molar refractivity (Wildman–Crippen MR) is 127 cm³/mol. The Morgan fingerprint density at radius 3 is 2.61 bits per heavy atom. The van der Waals surface area contributed by atoms with Crippen molar-refractivity contribution >= 4 is 29.3 Å². The number of anilines is 4. The number of hydrogen-bond donors (Lipinski definition) is 2. The van der Waals surface area contributed by atoms with Gasteiger partial charge in [-0.3, -0.25) is 4.79 Å². The van der Waals surface area contributed by atoms with Crippen molar-refractivity contribution in [1.29, 1.82) is 0 Å². The molecule has 2 N–H and O–H groups in total. The van der Waals surface area contributed by atoms with Crippen LogP contribution in [0.1, 0.15) is 23.1 Å². The number of likely N-dealkylation sites (N-methyl/N-ethyl adjacent to an activating group) is 1. The highest BCUT2D eigenvalue weighted by Gasteiger charge is 2.18. The largest absolute Gasteiger partial charge is 0.497 e. The number of nitrogens with one attached hydrogen (secondary N) is 2. The van der Waals surface area contributed by atoms with E-state index in [-0.39, 0.29) is 5.91 Å². The lowest BCUT2D eigenvalue weighted by Gasteiger charge is -2.32. The molecular formula is C23H28N8O2. The molecule has 0 atom stereocenters. The summed E-state index contributed by atoms with van der Waals surface area (Å²) in [4.78, 5) is 35.1. The molecule has 0 saturated carbocycles. The Labute approximate surface area is 193 Å². The number of hydrogen-bond acceptors (Lipinski definition) is 9. The van der Waals surface area contributed by atoms with E-state index in [9.17, 15) is 4.79 Å². The fraction of sp³-hybridized carbons (Fsp3) is 0.348. The van der Waals surface area contributed by atoms with Crippen molar-refractivity contribution in [2.45, 2.75) is 13.3 Å². The Kier molecular flexibility index (Phi) is 6.94. The van der Waals surface area contributed by atoms with Crippen LogP contribution in [0.3, 0.4) is 0 Å². The summed E-state index contributed by atoms with van der Waals surface area (Å²) >= 11 is 0. The standard InChI is InChI=1S/C23H28N8O2/c1-4-19-26-22(29-23(28-19)31-12-10-30(2)11-13-31)27-20-9-8-16(15-24-20)21(32)25-17-6-5-7-18(14-17)33-3/h5-9,14-15H,4,10-13H2,1-3H3,(H,25,32)(H,24,26,27,28,29). The van der Waals surface area contributed by atoms with Gasteiger partial charge in [0.05, 0.1) is 12.7 Å². The molecule has 2 aromatic heterocycles. The molecule has 1 aliphatic rings. The molecule has 0 radical (unpaired) electrons. The van der Waals surface area contributed by atoms with Crippen LogP contribution in [-0.2, 0) is 6.42 Å². The molecule has 0 aliphatic carbocycles. The van der Waals surface area contributed by atoms with Gasteiger partial charge in [0.1, 0.15) is 17.4 Å². The minimum Gasteiger partial charge on any atom is -0.497 e. The van der Waals surface area contributed by atoms with Gasteiger partial charge in [-0.2, -0.15) is 15.0 Å². The van der Waals surface area contributed by atoms with Gasteiger partial charge < -0.3 is 25.2 Å². The highest BCUT2D eigenvalue weighted by molar-refractivity contribution is 6.04. The summed E-state index contributed by atoms with van der Waals surface area (Å²) in [6.45, 7) is 5.70. The van der Waals surface area contributed by atoms with Gasteiger partial charge in [-0.25, -0.2) is 4.98 Å². The lowest BCUT2D eigenvalue weighted by Crippen LogP contribution is -2.45. The zero-order valence-corrected chi connectivity index (χ0v) is 19.1. The van der Waals surface area contributed by atoms with Crippen molar-refractivity contribution in [2.24, 2.45) is 0 Å². The SMILES string of the molecule is CCc1nc(Nc2ccc(C(=O)Nc3cccc(OC)c3)cn2)nc(N2CCN(C)CC2)n1. The van der Waals surface area contributed by atoms with E-state index in [0.29, 0.717) is 41.1 Å². The van der Waals surface area contributed by atoms with Gasteiger partial charge in [-0.05, 0) is 31.3 Å². The zero-order chi connectivity index (χ0) is 23.2. The molecule has 10 nitrogen and oxygen atoms in total. The van der Waals surface area contributed by atoms with Crippen molar-refractivity contribution in [3.63, 3.8) is 0 Å². The number of benzene rings is 1. The molecule has 1 aromatic carbocycles. The maximum absolute atomic E-state index is 12.6. The molecule has 10 heteroatoms. The van der Waals surface area contributed by atoms with E-state index in [1.54, 1.807) is 31.4 Å². The summed E-state index contributed by atoms with van der Waals surface area (Å²) in [7, 11) is 3.70. The van der Waals surface area contributed by atoms with Gasteiger partial charge in [0.25, 0.3) is 5.91 Å². The summed E-state index contributed by atoms with van der Waals surface area (Å²) in [5, 5.41) is 5.98. The number of nitrogens with zero attached hydrogens (tertiary/aromatic N) is 6. The number of aryl methyl sites for hydroxylation is 1. The molecule has 0 spiro atoms.